The summed E-state index contributed by atoms with van der Waals surface area (Å²) in [6, 6.07) is 18.9. The number of nitrogens with zero attached hydrogens (tertiary/aromatic N) is 3. The zero-order valence-corrected chi connectivity index (χ0v) is 21.7. The summed E-state index contributed by atoms with van der Waals surface area (Å²) in [4.78, 5) is 35.2. The number of fused-ring (bicyclic) bond motifs is 1. The average Bonchev–Trinajstić information content (AvgIpc) is 3.41. The van der Waals surface area contributed by atoms with Gasteiger partial charge in [-0.1, -0.05) is 58.0 Å². The number of rotatable bonds is 9. The van der Waals surface area contributed by atoms with Crippen LogP contribution in [0, 0.1) is 5.92 Å². The summed E-state index contributed by atoms with van der Waals surface area (Å²) in [5.74, 6) is 1.04. The predicted octanol–water partition coefficient (Wildman–Crippen LogP) is 6.65. The molecule has 0 N–H and O–H groups in total. The zero-order chi connectivity index (χ0) is 24.9. The third kappa shape index (κ3) is 5.22. The number of aryl methyl sites for hydroxylation is 1. The first-order valence-electron chi connectivity index (χ1n) is 12.4. The van der Waals surface area contributed by atoms with Crippen LogP contribution in [-0.4, -0.2) is 26.9 Å². The Morgan fingerprint density at radius 3 is 2.40 bits per heavy atom. The highest BCUT2D eigenvalue weighted by Crippen LogP contribution is 2.29. The Hall–Kier alpha value is -3.25. The molecule has 0 saturated heterocycles. The van der Waals surface area contributed by atoms with Crippen LogP contribution in [0.4, 0.5) is 0 Å². The van der Waals surface area contributed by atoms with Gasteiger partial charge in [-0.25, -0.2) is 4.98 Å². The van der Waals surface area contributed by atoms with Crippen molar-refractivity contribution in [1.29, 1.82) is 0 Å². The van der Waals surface area contributed by atoms with Crippen LogP contribution in [0.3, 0.4) is 0 Å². The van der Waals surface area contributed by atoms with Crippen LogP contribution in [0.1, 0.15) is 67.6 Å². The maximum atomic E-state index is 13.8. The van der Waals surface area contributed by atoms with Crippen LogP contribution >= 0.6 is 11.3 Å². The van der Waals surface area contributed by atoms with Gasteiger partial charge in [-0.2, -0.15) is 0 Å². The fraction of sp³-hybridized carbons (Fsp3) is 0.345. The summed E-state index contributed by atoms with van der Waals surface area (Å²) in [5.41, 5.74) is 2.52. The van der Waals surface area contributed by atoms with E-state index in [1.165, 1.54) is 16.9 Å². The molecule has 0 spiro atoms. The molecule has 0 bridgehead atoms. The van der Waals surface area contributed by atoms with Crippen LogP contribution in [0.2, 0.25) is 0 Å². The van der Waals surface area contributed by atoms with E-state index in [9.17, 15) is 9.59 Å². The van der Waals surface area contributed by atoms with Crippen LogP contribution in [0.5, 0.6) is 0 Å². The van der Waals surface area contributed by atoms with Crippen molar-refractivity contribution in [2.75, 3.05) is 6.54 Å². The monoisotopic (exact) mass is 487 g/mol. The van der Waals surface area contributed by atoms with Crippen molar-refractivity contribution >= 4 is 28.1 Å². The molecule has 0 aliphatic heterocycles. The average molecular weight is 488 g/mol. The molecule has 4 aromatic rings. The van der Waals surface area contributed by atoms with E-state index < -0.39 is 0 Å². The first kappa shape index (κ1) is 24.9. The third-order valence-electron chi connectivity index (χ3n) is 6.41. The molecule has 0 radical (unpaired) electrons. The molecule has 4 rings (SSSR count). The quantitative estimate of drug-likeness (QED) is 0.266. The lowest BCUT2D eigenvalue weighted by Crippen LogP contribution is -2.39. The largest absolute Gasteiger partial charge is 0.328 e. The number of amides is 1. The van der Waals surface area contributed by atoms with Gasteiger partial charge in [0.2, 0.25) is 0 Å². The summed E-state index contributed by atoms with van der Waals surface area (Å²) in [5, 5.41) is 2.50. The highest BCUT2D eigenvalue weighted by atomic mass is 32.1. The van der Waals surface area contributed by atoms with Crippen molar-refractivity contribution in [3.05, 3.63) is 92.7 Å². The molecule has 2 heterocycles. The fourth-order valence-corrected chi connectivity index (χ4v) is 5.06. The van der Waals surface area contributed by atoms with E-state index >= 15 is 0 Å². The summed E-state index contributed by atoms with van der Waals surface area (Å²) >= 11 is 1.45. The summed E-state index contributed by atoms with van der Waals surface area (Å²) in [6.07, 6.45) is 2.44. The second-order valence-electron chi connectivity index (χ2n) is 9.23. The second-order valence-corrected chi connectivity index (χ2v) is 10.2. The maximum Gasteiger partial charge on any atom is 0.266 e. The molecule has 35 heavy (non-hydrogen) atoms. The number of para-hydroxylation sites is 1. The van der Waals surface area contributed by atoms with Crippen molar-refractivity contribution in [2.45, 2.75) is 53.0 Å². The van der Waals surface area contributed by atoms with E-state index in [1.54, 1.807) is 4.57 Å². The molecule has 1 atom stereocenters. The maximum absolute atomic E-state index is 13.8. The fourth-order valence-electron chi connectivity index (χ4n) is 4.38. The number of benzene rings is 2. The minimum atomic E-state index is -0.341. The van der Waals surface area contributed by atoms with Crippen LogP contribution in [-0.2, 0) is 6.42 Å². The Morgan fingerprint density at radius 1 is 1.03 bits per heavy atom. The van der Waals surface area contributed by atoms with Crippen molar-refractivity contribution in [1.82, 2.24) is 14.5 Å². The summed E-state index contributed by atoms with van der Waals surface area (Å²) in [6.45, 7) is 9.09. The number of aromatic nitrogens is 2. The normalized spacial score (nSPS) is 12.3. The molecule has 5 nitrogen and oxygen atoms in total. The zero-order valence-electron chi connectivity index (χ0n) is 20.9. The molecular formula is C29H33N3O2S. The Labute approximate surface area is 211 Å². The lowest BCUT2D eigenvalue weighted by molar-refractivity contribution is 0.0654. The number of carbonyl (C=O) groups is 1. The van der Waals surface area contributed by atoms with Gasteiger partial charge in [0.25, 0.3) is 11.5 Å². The van der Waals surface area contributed by atoms with E-state index in [0.717, 1.165) is 18.5 Å². The summed E-state index contributed by atoms with van der Waals surface area (Å²) in [7, 11) is 0. The highest BCUT2D eigenvalue weighted by molar-refractivity contribution is 7.12. The molecule has 0 saturated carbocycles. The van der Waals surface area contributed by atoms with Crippen molar-refractivity contribution in [2.24, 2.45) is 5.92 Å². The van der Waals surface area contributed by atoms with E-state index in [2.05, 4.69) is 39.8 Å². The number of hydrogen-bond donors (Lipinski definition) is 0. The van der Waals surface area contributed by atoms with Crippen molar-refractivity contribution < 1.29 is 4.79 Å². The SMILES string of the molecule is CCc1ccc(-n2c(C(CC)N(CCC(C)C)C(=O)c3cccs3)nc3ccccc3c2=O)cc1. The lowest BCUT2D eigenvalue weighted by Gasteiger charge is -2.32. The topological polar surface area (TPSA) is 55.2 Å². The molecular weight excluding hydrogens is 454 g/mol. The summed E-state index contributed by atoms with van der Waals surface area (Å²) < 4.78 is 1.71. The molecule has 0 fully saturated rings. The van der Waals surface area contributed by atoms with Crippen LogP contribution in [0.15, 0.2) is 70.8 Å². The van der Waals surface area contributed by atoms with Gasteiger partial charge < -0.3 is 4.90 Å². The van der Waals surface area contributed by atoms with Gasteiger partial charge in [-0.3, -0.25) is 14.2 Å². The molecule has 0 aliphatic carbocycles. The van der Waals surface area contributed by atoms with E-state index in [1.807, 2.05) is 58.8 Å². The van der Waals surface area contributed by atoms with E-state index in [0.29, 0.717) is 40.5 Å². The van der Waals surface area contributed by atoms with Crippen LogP contribution in [0.25, 0.3) is 16.6 Å². The molecule has 1 amide bonds. The molecule has 1 unspecified atom stereocenters. The molecule has 0 aliphatic rings. The van der Waals surface area contributed by atoms with Gasteiger partial charge in [0.15, 0.2) is 0 Å². The van der Waals surface area contributed by atoms with Gasteiger partial charge in [0.1, 0.15) is 5.82 Å². The first-order chi connectivity index (χ1) is 16.9. The van der Waals surface area contributed by atoms with Gasteiger partial charge in [-0.05, 0) is 66.5 Å². The van der Waals surface area contributed by atoms with Crippen molar-refractivity contribution in [3.8, 4) is 5.69 Å². The number of thiophene rings is 1. The molecule has 182 valence electrons. The van der Waals surface area contributed by atoms with Gasteiger partial charge in [-0.15, -0.1) is 11.3 Å². The van der Waals surface area contributed by atoms with Crippen molar-refractivity contribution in [3.63, 3.8) is 0 Å². The lowest BCUT2D eigenvalue weighted by atomic mass is 10.1. The highest BCUT2D eigenvalue weighted by Gasteiger charge is 2.30. The van der Waals surface area contributed by atoms with Gasteiger partial charge >= 0.3 is 0 Å². The second kappa shape index (κ2) is 11.0. The standard InChI is InChI=1S/C29H33N3O2S/c1-5-21-13-15-22(16-14-21)32-27(30-24-11-8-7-10-23(24)28(32)33)25(6-2)31(18-17-20(3)4)29(34)26-12-9-19-35-26/h7-16,19-20,25H,5-6,17-18H2,1-4H3. The van der Waals surface area contributed by atoms with E-state index in [-0.39, 0.29) is 17.5 Å². The number of hydrogen-bond acceptors (Lipinski definition) is 4. The third-order valence-corrected chi connectivity index (χ3v) is 7.26. The minimum Gasteiger partial charge on any atom is -0.328 e. The molecule has 2 aromatic heterocycles. The Morgan fingerprint density at radius 2 is 1.77 bits per heavy atom. The van der Waals surface area contributed by atoms with Gasteiger partial charge in [0.05, 0.1) is 27.5 Å². The number of carbonyl (C=O) groups excluding carboxylic acids is 1. The predicted molar refractivity (Wildman–Crippen MR) is 145 cm³/mol. The minimum absolute atomic E-state index is 0.0113. The van der Waals surface area contributed by atoms with E-state index in [4.69, 9.17) is 4.98 Å². The van der Waals surface area contributed by atoms with Crippen LogP contribution < -0.4 is 5.56 Å². The van der Waals surface area contributed by atoms with Gasteiger partial charge in [0, 0.05) is 6.54 Å². The Bertz CT molecular complexity index is 1340. The first-order valence-corrected chi connectivity index (χ1v) is 13.3. The molecule has 6 heteroatoms. The Kier molecular flexibility index (Phi) is 7.81. The molecule has 2 aromatic carbocycles. The smallest absolute Gasteiger partial charge is 0.266 e. The Balaban J connectivity index is 1.93.